The molecule has 1 unspecified atom stereocenters. The molecule has 286 valence electrons. The van der Waals surface area contributed by atoms with E-state index in [0.29, 0.717) is 42.5 Å². The Kier molecular flexibility index (Phi) is 9.80. The standard InChI is InChI=1S/C40H45N9O6/c1-45-17-18-48(40(45)55)28-3-2-14-47(23-28)33-21-42-35(36(41)51)31(43-33)20-24-4-7-26(8-5-24)27-12-15-46(16-13-27)22-25-6-9-29-30(19-25)39(54)49(38(29)53)32-10-11-34(50)44-37(32)52/h4-9,19,21,27-28,32H,2-3,10-18,20,22-23H2,1H3,(H2,41,51)(H,44,50,52)/t28-,32?/m1/s1. The van der Waals surface area contributed by atoms with Crippen molar-refractivity contribution in [1.29, 1.82) is 0 Å². The molecule has 2 aromatic carbocycles. The number of urea groups is 1. The maximum absolute atomic E-state index is 13.3. The van der Waals surface area contributed by atoms with Gasteiger partial charge in [-0.15, -0.1) is 0 Å². The third-order valence-corrected chi connectivity index (χ3v) is 11.8. The lowest BCUT2D eigenvalue weighted by atomic mass is 9.88. The summed E-state index contributed by atoms with van der Waals surface area (Å²) in [5.41, 5.74) is 10.2. The number of carbonyl (C=O) groups is 6. The molecule has 3 N–H and O–H groups in total. The zero-order valence-electron chi connectivity index (χ0n) is 30.9. The third-order valence-electron chi connectivity index (χ3n) is 11.8. The van der Waals surface area contributed by atoms with Crippen molar-refractivity contribution < 1.29 is 28.8 Å². The van der Waals surface area contributed by atoms with E-state index in [4.69, 9.17) is 10.7 Å². The van der Waals surface area contributed by atoms with Gasteiger partial charge in [0.1, 0.15) is 17.6 Å². The minimum absolute atomic E-state index is 0.0628. The van der Waals surface area contributed by atoms with E-state index in [9.17, 15) is 28.8 Å². The van der Waals surface area contributed by atoms with Crippen LogP contribution in [-0.2, 0) is 22.6 Å². The van der Waals surface area contributed by atoms with Crippen LogP contribution in [0.2, 0.25) is 0 Å². The Hall–Kier alpha value is -5.70. The fraction of sp³-hybridized carbons (Fsp3) is 0.450. The average molecular weight is 748 g/mol. The monoisotopic (exact) mass is 747 g/mol. The molecule has 0 bridgehead atoms. The summed E-state index contributed by atoms with van der Waals surface area (Å²) in [4.78, 5) is 94.0. The second-order valence-corrected chi connectivity index (χ2v) is 15.3. The van der Waals surface area contributed by atoms with Gasteiger partial charge < -0.3 is 20.4 Å². The lowest BCUT2D eigenvalue weighted by Gasteiger charge is -2.37. The van der Waals surface area contributed by atoms with Gasteiger partial charge in [-0.1, -0.05) is 30.3 Å². The van der Waals surface area contributed by atoms with Gasteiger partial charge in [-0.2, -0.15) is 0 Å². The number of likely N-dealkylation sites (tertiary alicyclic amines) is 1. The van der Waals surface area contributed by atoms with Gasteiger partial charge in [0.15, 0.2) is 0 Å². The van der Waals surface area contributed by atoms with Crippen LogP contribution >= 0.6 is 0 Å². The molecule has 5 aliphatic heterocycles. The number of nitrogens with two attached hydrogens (primary N) is 1. The Morgan fingerprint density at radius 2 is 1.62 bits per heavy atom. The summed E-state index contributed by atoms with van der Waals surface area (Å²) in [6.07, 6.45) is 6.02. The maximum Gasteiger partial charge on any atom is 0.320 e. The van der Waals surface area contributed by atoms with Crippen LogP contribution in [0.4, 0.5) is 10.6 Å². The van der Waals surface area contributed by atoms with E-state index >= 15 is 0 Å². The Morgan fingerprint density at radius 3 is 2.33 bits per heavy atom. The molecule has 0 aliphatic carbocycles. The molecule has 5 aliphatic rings. The summed E-state index contributed by atoms with van der Waals surface area (Å²) in [5, 5.41) is 2.23. The van der Waals surface area contributed by atoms with E-state index in [1.54, 1.807) is 23.2 Å². The number of hydrogen-bond acceptors (Lipinski definition) is 10. The highest BCUT2D eigenvalue weighted by molar-refractivity contribution is 6.23. The SMILES string of the molecule is CN1CCN([C@@H]2CCCN(c3cnc(C(N)=O)c(Cc4ccc(C5CCN(Cc6ccc7c(c6)C(=O)N(C6CCC(=O)NC6=O)C7=O)CC5)cc4)n3)C2)C1=O. The average Bonchev–Trinajstić information content (AvgIpc) is 3.65. The topological polar surface area (TPSA) is 182 Å². The van der Waals surface area contributed by atoms with Gasteiger partial charge in [0.05, 0.1) is 29.1 Å². The van der Waals surface area contributed by atoms with Crippen LogP contribution in [0.3, 0.4) is 0 Å². The van der Waals surface area contributed by atoms with Crippen molar-refractivity contribution in [2.75, 3.05) is 51.2 Å². The molecule has 4 fully saturated rings. The molecule has 0 saturated carbocycles. The summed E-state index contributed by atoms with van der Waals surface area (Å²) in [6.45, 7) is 5.27. The predicted molar refractivity (Wildman–Crippen MR) is 200 cm³/mol. The number of fused-ring (bicyclic) bond motifs is 1. The molecular weight excluding hydrogens is 702 g/mol. The molecular formula is C40H45N9O6. The Bertz CT molecular complexity index is 2060. The molecule has 4 saturated heterocycles. The molecule has 6 heterocycles. The minimum Gasteiger partial charge on any atom is -0.364 e. The highest BCUT2D eigenvalue weighted by Crippen LogP contribution is 2.32. The van der Waals surface area contributed by atoms with Crippen LogP contribution in [-0.4, -0.2) is 124 Å². The van der Waals surface area contributed by atoms with Crippen LogP contribution in [0.15, 0.2) is 48.7 Å². The highest BCUT2D eigenvalue weighted by atomic mass is 16.2. The van der Waals surface area contributed by atoms with Crippen molar-refractivity contribution in [3.63, 3.8) is 0 Å². The summed E-state index contributed by atoms with van der Waals surface area (Å²) in [5.74, 6) is -1.57. The highest BCUT2D eigenvalue weighted by Gasteiger charge is 2.44. The third kappa shape index (κ3) is 7.15. The number of imide groups is 2. The van der Waals surface area contributed by atoms with Crippen molar-refractivity contribution in [2.24, 2.45) is 5.73 Å². The van der Waals surface area contributed by atoms with Crippen molar-refractivity contribution in [1.82, 2.24) is 34.9 Å². The zero-order valence-corrected chi connectivity index (χ0v) is 30.9. The van der Waals surface area contributed by atoms with Crippen molar-refractivity contribution >= 4 is 41.4 Å². The molecule has 1 aromatic heterocycles. The van der Waals surface area contributed by atoms with E-state index in [1.807, 2.05) is 18.0 Å². The van der Waals surface area contributed by atoms with E-state index in [2.05, 4.69) is 44.4 Å². The number of hydrogen-bond donors (Lipinski definition) is 2. The number of primary amides is 1. The number of amides is 7. The molecule has 3 aromatic rings. The second-order valence-electron chi connectivity index (χ2n) is 15.3. The fourth-order valence-corrected chi connectivity index (χ4v) is 8.72. The second kappa shape index (κ2) is 14.9. The number of nitrogens with zero attached hydrogens (tertiary/aromatic N) is 7. The van der Waals surface area contributed by atoms with Gasteiger partial charge in [-0.25, -0.2) is 14.8 Å². The summed E-state index contributed by atoms with van der Waals surface area (Å²) >= 11 is 0. The number of piperidine rings is 3. The largest absolute Gasteiger partial charge is 0.364 e. The Balaban J connectivity index is 0.875. The molecule has 0 radical (unpaired) electrons. The number of anilines is 1. The van der Waals surface area contributed by atoms with E-state index in [0.717, 1.165) is 74.4 Å². The maximum atomic E-state index is 13.3. The normalized spacial score (nSPS) is 22.5. The van der Waals surface area contributed by atoms with Crippen molar-refractivity contribution in [3.8, 4) is 0 Å². The summed E-state index contributed by atoms with van der Waals surface area (Å²) in [6, 6.07) is 12.9. The number of benzene rings is 2. The quantitative estimate of drug-likeness (QED) is 0.308. The van der Waals surface area contributed by atoms with Crippen LogP contribution in [0.1, 0.15) is 98.0 Å². The fourth-order valence-electron chi connectivity index (χ4n) is 8.72. The van der Waals surface area contributed by atoms with Gasteiger partial charge in [-0.05, 0) is 79.9 Å². The Morgan fingerprint density at radius 1 is 0.873 bits per heavy atom. The van der Waals surface area contributed by atoms with E-state index < -0.39 is 35.6 Å². The number of likely N-dealkylation sites (N-methyl/N-ethyl adjacent to an activating group) is 1. The molecule has 15 heteroatoms. The first-order chi connectivity index (χ1) is 26.5. The minimum atomic E-state index is -0.982. The van der Waals surface area contributed by atoms with Crippen molar-refractivity contribution in [3.05, 3.63) is 87.9 Å². The smallest absolute Gasteiger partial charge is 0.320 e. The first kappa shape index (κ1) is 36.3. The van der Waals surface area contributed by atoms with Crippen LogP contribution in [0.5, 0.6) is 0 Å². The van der Waals surface area contributed by atoms with Gasteiger partial charge in [0.25, 0.3) is 17.7 Å². The van der Waals surface area contributed by atoms with Gasteiger partial charge in [0.2, 0.25) is 11.8 Å². The Labute approximate surface area is 318 Å². The van der Waals surface area contributed by atoms with E-state index in [-0.39, 0.29) is 36.2 Å². The van der Waals surface area contributed by atoms with Crippen LogP contribution < -0.4 is 16.0 Å². The van der Waals surface area contributed by atoms with Gasteiger partial charge in [-0.3, -0.25) is 39.1 Å². The van der Waals surface area contributed by atoms with Gasteiger partial charge >= 0.3 is 6.03 Å². The first-order valence-corrected chi connectivity index (χ1v) is 19.1. The zero-order chi connectivity index (χ0) is 38.4. The summed E-state index contributed by atoms with van der Waals surface area (Å²) < 4.78 is 0. The molecule has 8 rings (SSSR count). The molecule has 55 heavy (non-hydrogen) atoms. The molecule has 15 nitrogen and oxygen atoms in total. The molecule has 2 atom stereocenters. The number of carbonyl (C=O) groups excluding carboxylic acids is 6. The summed E-state index contributed by atoms with van der Waals surface area (Å²) in [7, 11) is 1.83. The predicted octanol–water partition coefficient (Wildman–Crippen LogP) is 2.28. The lowest BCUT2D eigenvalue weighted by Crippen LogP contribution is -2.54. The first-order valence-electron chi connectivity index (χ1n) is 19.1. The lowest BCUT2D eigenvalue weighted by molar-refractivity contribution is -0.136. The molecule has 0 spiro atoms. The molecule has 7 amide bonds. The van der Waals surface area contributed by atoms with E-state index in [1.165, 1.54) is 5.56 Å². The van der Waals surface area contributed by atoms with Crippen LogP contribution in [0.25, 0.3) is 0 Å². The number of aromatic nitrogens is 2. The van der Waals surface area contributed by atoms with Gasteiger partial charge in [0, 0.05) is 52.6 Å². The number of rotatable bonds is 9. The number of nitrogens with one attached hydrogen (secondary N) is 1. The van der Waals surface area contributed by atoms with Crippen molar-refractivity contribution in [2.45, 2.75) is 69.5 Å². The van der Waals surface area contributed by atoms with Crippen LogP contribution in [0, 0.1) is 0 Å².